The molecule has 1 aromatic heterocycles. The van der Waals surface area contributed by atoms with Gasteiger partial charge in [0.2, 0.25) is 0 Å². The summed E-state index contributed by atoms with van der Waals surface area (Å²) in [6, 6.07) is 28.1. The van der Waals surface area contributed by atoms with Crippen LogP contribution in [0, 0.1) is 0 Å². The molecule has 1 aliphatic heterocycles. The minimum absolute atomic E-state index is 0.0921. The summed E-state index contributed by atoms with van der Waals surface area (Å²) in [4.78, 5) is 0. The predicted molar refractivity (Wildman–Crippen MR) is 152 cm³/mol. The lowest BCUT2D eigenvalue weighted by Gasteiger charge is -2.32. The number of fused-ring (bicyclic) bond motifs is 6. The summed E-state index contributed by atoms with van der Waals surface area (Å²) in [6.45, 7) is 13.0. The normalized spacial score (nSPS) is 18.9. The van der Waals surface area contributed by atoms with Crippen LogP contribution in [0.5, 0.6) is 0 Å². The highest BCUT2D eigenvalue weighted by Gasteiger charge is 2.53. The Balaban J connectivity index is 1.50. The van der Waals surface area contributed by atoms with Gasteiger partial charge in [-0.3, -0.25) is 0 Å². The standard InChI is InChI=1S/C33H31BO3/c1-31(2)25-14-10-9-13-23(25)24-17-15-21(19-26(24)31)30-29(34-36-32(3,4)33(5,6)37-34)28-22-12-8-7-11-20(22)16-18-27(28)35-30/h7-19H,1-6H3. The van der Waals surface area contributed by atoms with Crippen molar-refractivity contribution in [1.29, 1.82) is 0 Å². The monoisotopic (exact) mass is 486 g/mol. The zero-order valence-electron chi connectivity index (χ0n) is 22.3. The molecule has 184 valence electrons. The Labute approximate surface area is 218 Å². The molecular weight excluding hydrogens is 455 g/mol. The second-order valence-corrected chi connectivity index (χ2v) is 12.0. The Kier molecular flexibility index (Phi) is 4.55. The molecule has 0 N–H and O–H groups in total. The van der Waals surface area contributed by atoms with Gasteiger partial charge >= 0.3 is 7.12 Å². The number of hydrogen-bond donors (Lipinski definition) is 0. The second-order valence-electron chi connectivity index (χ2n) is 12.0. The van der Waals surface area contributed by atoms with Crippen LogP contribution in [0.15, 0.2) is 83.3 Å². The van der Waals surface area contributed by atoms with Crippen molar-refractivity contribution in [3.63, 3.8) is 0 Å². The van der Waals surface area contributed by atoms with E-state index in [0.29, 0.717) is 0 Å². The highest BCUT2D eigenvalue weighted by molar-refractivity contribution is 6.67. The van der Waals surface area contributed by atoms with E-state index in [4.69, 9.17) is 13.7 Å². The van der Waals surface area contributed by atoms with Crippen molar-refractivity contribution >= 4 is 34.3 Å². The zero-order valence-corrected chi connectivity index (χ0v) is 22.3. The third-order valence-electron chi connectivity index (χ3n) is 8.95. The number of furan rings is 1. The second kappa shape index (κ2) is 7.37. The summed E-state index contributed by atoms with van der Waals surface area (Å²) in [5, 5.41) is 3.38. The molecule has 4 heteroatoms. The van der Waals surface area contributed by atoms with Crippen molar-refractivity contribution in [1.82, 2.24) is 0 Å². The van der Waals surface area contributed by atoms with Gasteiger partial charge in [0.05, 0.1) is 11.2 Å². The largest absolute Gasteiger partial charge is 0.499 e. The van der Waals surface area contributed by atoms with Crippen LogP contribution in [0.4, 0.5) is 0 Å². The van der Waals surface area contributed by atoms with Crippen LogP contribution >= 0.6 is 0 Å². The van der Waals surface area contributed by atoms with Gasteiger partial charge in [0.1, 0.15) is 11.3 Å². The van der Waals surface area contributed by atoms with E-state index in [-0.39, 0.29) is 5.41 Å². The summed E-state index contributed by atoms with van der Waals surface area (Å²) in [5.74, 6) is 0.819. The van der Waals surface area contributed by atoms with Crippen molar-refractivity contribution in [2.45, 2.75) is 58.2 Å². The van der Waals surface area contributed by atoms with Gasteiger partial charge in [-0.1, -0.05) is 80.6 Å². The fraction of sp³-hybridized carbons (Fsp3) is 0.273. The smallest absolute Gasteiger partial charge is 0.456 e. The molecule has 7 rings (SSSR count). The molecule has 0 saturated carbocycles. The molecule has 0 unspecified atom stereocenters. The van der Waals surface area contributed by atoms with Crippen LogP contribution in [-0.4, -0.2) is 18.3 Å². The number of benzene rings is 4. The minimum Gasteiger partial charge on any atom is -0.456 e. The highest BCUT2D eigenvalue weighted by Crippen LogP contribution is 2.50. The van der Waals surface area contributed by atoms with Gasteiger partial charge in [0, 0.05) is 21.8 Å². The lowest BCUT2D eigenvalue weighted by molar-refractivity contribution is 0.00578. The average molecular weight is 486 g/mol. The Hall–Kier alpha value is -3.34. The topological polar surface area (TPSA) is 31.6 Å². The Morgan fingerprint density at radius 3 is 2.11 bits per heavy atom. The molecule has 5 aromatic rings. The van der Waals surface area contributed by atoms with Gasteiger partial charge in [0.25, 0.3) is 0 Å². The molecule has 0 amide bonds. The Morgan fingerprint density at radius 2 is 1.32 bits per heavy atom. The fourth-order valence-electron chi connectivity index (χ4n) is 6.14. The summed E-state index contributed by atoms with van der Waals surface area (Å²) >= 11 is 0. The Morgan fingerprint density at radius 1 is 0.649 bits per heavy atom. The van der Waals surface area contributed by atoms with Crippen molar-refractivity contribution in [2.24, 2.45) is 0 Å². The van der Waals surface area contributed by atoms with Gasteiger partial charge in [-0.25, -0.2) is 0 Å². The number of rotatable bonds is 2. The van der Waals surface area contributed by atoms with Crippen molar-refractivity contribution in [2.75, 3.05) is 0 Å². The molecule has 0 atom stereocenters. The van der Waals surface area contributed by atoms with Gasteiger partial charge in [0.15, 0.2) is 0 Å². The van der Waals surface area contributed by atoms with E-state index in [9.17, 15) is 0 Å². The van der Waals surface area contributed by atoms with E-state index in [1.807, 2.05) is 0 Å². The summed E-state index contributed by atoms with van der Waals surface area (Å²) in [5.41, 5.74) is 7.16. The van der Waals surface area contributed by atoms with Gasteiger partial charge in [-0.2, -0.15) is 0 Å². The molecular formula is C33H31BO3. The molecule has 1 fully saturated rings. The molecule has 37 heavy (non-hydrogen) atoms. The summed E-state index contributed by atoms with van der Waals surface area (Å²) < 4.78 is 19.9. The molecule has 4 aromatic carbocycles. The van der Waals surface area contributed by atoms with Gasteiger partial charge < -0.3 is 13.7 Å². The van der Waals surface area contributed by atoms with Crippen molar-refractivity contribution in [3.05, 3.63) is 90.0 Å². The molecule has 2 heterocycles. The maximum absolute atomic E-state index is 6.69. The maximum Gasteiger partial charge on any atom is 0.499 e. The van der Waals surface area contributed by atoms with E-state index in [1.165, 1.54) is 27.6 Å². The molecule has 1 saturated heterocycles. The average Bonchev–Trinajstić information content (AvgIpc) is 3.44. The first-order chi connectivity index (χ1) is 17.6. The lowest BCUT2D eigenvalue weighted by atomic mass is 9.74. The van der Waals surface area contributed by atoms with E-state index >= 15 is 0 Å². The fourth-order valence-corrected chi connectivity index (χ4v) is 6.14. The third kappa shape index (κ3) is 3.09. The van der Waals surface area contributed by atoms with Crippen LogP contribution < -0.4 is 5.46 Å². The van der Waals surface area contributed by atoms with E-state index in [1.54, 1.807) is 0 Å². The first kappa shape index (κ1) is 22.8. The van der Waals surface area contributed by atoms with Gasteiger partial charge in [-0.15, -0.1) is 0 Å². The maximum atomic E-state index is 6.69. The first-order valence-corrected chi connectivity index (χ1v) is 13.1. The van der Waals surface area contributed by atoms with Crippen LogP contribution in [0.1, 0.15) is 52.7 Å². The molecule has 0 radical (unpaired) electrons. The molecule has 2 aliphatic rings. The molecule has 0 bridgehead atoms. The summed E-state index contributed by atoms with van der Waals surface area (Å²) in [7, 11) is -0.537. The van der Waals surface area contributed by atoms with Crippen LogP contribution in [-0.2, 0) is 14.7 Å². The lowest BCUT2D eigenvalue weighted by Crippen LogP contribution is -2.41. The van der Waals surface area contributed by atoms with Crippen LogP contribution in [0.2, 0.25) is 0 Å². The van der Waals surface area contributed by atoms with Gasteiger partial charge in [-0.05, 0) is 72.9 Å². The third-order valence-corrected chi connectivity index (χ3v) is 8.95. The summed E-state index contributed by atoms with van der Waals surface area (Å²) in [6.07, 6.45) is 0. The van der Waals surface area contributed by atoms with Crippen molar-refractivity contribution < 1.29 is 13.7 Å². The molecule has 3 nitrogen and oxygen atoms in total. The highest BCUT2D eigenvalue weighted by atomic mass is 16.7. The SMILES string of the molecule is CC1(C)c2ccccc2-c2ccc(-c3oc4ccc5ccccc5c4c3B3OC(C)(C)C(C)(C)O3)cc21. The first-order valence-electron chi connectivity index (χ1n) is 13.1. The minimum atomic E-state index is -0.537. The predicted octanol–water partition coefficient (Wildman–Crippen LogP) is 7.86. The van der Waals surface area contributed by atoms with E-state index in [2.05, 4.69) is 120 Å². The van der Waals surface area contributed by atoms with E-state index in [0.717, 1.165) is 33.1 Å². The molecule has 1 aliphatic carbocycles. The van der Waals surface area contributed by atoms with Crippen molar-refractivity contribution in [3.8, 4) is 22.5 Å². The van der Waals surface area contributed by atoms with E-state index < -0.39 is 18.3 Å². The zero-order chi connectivity index (χ0) is 25.7. The quantitative estimate of drug-likeness (QED) is 0.238. The van der Waals surface area contributed by atoms with Crippen LogP contribution in [0.25, 0.3) is 44.2 Å². The number of hydrogen-bond acceptors (Lipinski definition) is 3. The molecule has 0 spiro atoms. The Bertz CT molecular complexity index is 1710. The van der Waals surface area contributed by atoms with Crippen LogP contribution in [0.3, 0.4) is 0 Å².